The first-order valence-corrected chi connectivity index (χ1v) is 8.42. The molecule has 1 heterocycles. The summed E-state index contributed by atoms with van der Waals surface area (Å²) in [6.07, 6.45) is -1.38. The van der Waals surface area contributed by atoms with Crippen LogP contribution in [0.4, 0.5) is 13.2 Å². The molecule has 0 aliphatic carbocycles. The molecule has 3 rings (SSSR count). The summed E-state index contributed by atoms with van der Waals surface area (Å²) in [5.41, 5.74) is 4.40. The monoisotopic (exact) mass is 386 g/mol. The maximum atomic E-state index is 13.2. The minimum Gasteiger partial charge on any atom is -0.311 e. The minimum atomic E-state index is -4.67. The van der Waals surface area contributed by atoms with Crippen molar-refractivity contribution in [2.24, 2.45) is 5.10 Å². The molecule has 0 aliphatic rings. The predicted octanol–water partition coefficient (Wildman–Crippen LogP) is 4.26. The summed E-state index contributed by atoms with van der Waals surface area (Å²) in [7, 11) is 0. The molecule has 0 spiro atoms. The Kier molecular flexibility index (Phi) is 5.58. The first-order valence-electron chi connectivity index (χ1n) is 8.42. The maximum Gasteiger partial charge on any atom is 0.449 e. The van der Waals surface area contributed by atoms with Crippen molar-refractivity contribution in [2.75, 3.05) is 0 Å². The van der Waals surface area contributed by atoms with E-state index >= 15 is 0 Å². The van der Waals surface area contributed by atoms with Crippen LogP contribution in [0.25, 0.3) is 17.1 Å². The third-order valence-electron chi connectivity index (χ3n) is 3.86. The van der Waals surface area contributed by atoms with Gasteiger partial charge in [-0.05, 0) is 30.2 Å². The lowest BCUT2D eigenvalue weighted by molar-refractivity contribution is -0.147. The van der Waals surface area contributed by atoms with Gasteiger partial charge in [-0.25, -0.2) is 10.4 Å². The van der Waals surface area contributed by atoms with Crippen molar-refractivity contribution >= 4 is 29.2 Å². The number of aromatic nitrogens is 2. The third-order valence-corrected chi connectivity index (χ3v) is 3.86. The van der Waals surface area contributed by atoms with Gasteiger partial charge in [0.25, 0.3) is 5.91 Å². The van der Waals surface area contributed by atoms with E-state index < -0.39 is 24.5 Å². The summed E-state index contributed by atoms with van der Waals surface area (Å²) in [4.78, 5) is 15.7. The van der Waals surface area contributed by atoms with Crippen LogP contribution in [0.1, 0.15) is 18.3 Å². The summed E-state index contributed by atoms with van der Waals surface area (Å²) >= 11 is 0. The van der Waals surface area contributed by atoms with Gasteiger partial charge in [0.05, 0.1) is 17.2 Å². The maximum absolute atomic E-state index is 13.2. The van der Waals surface area contributed by atoms with Crippen molar-refractivity contribution in [3.05, 3.63) is 71.6 Å². The Morgan fingerprint density at radius 2 is 1.82 bits per heavy atom. The molecular formula is C20H17F3N4O. The van der Waals surface area contributed by atoms with Gasteiger partial charge in [0, 0.05) is 0 Å². The van der Waals surface area contributed by atoms with E-state index in [0.29, 0.717) is 0 Å². The number of carbonyl (C=O) groups excluding carboxylic acids is 1. The number of amides is 1. The Balaban J connectivity index is 1.72. The number of fused-ring (bicyclic) bond motifs is 1. The fourth-order valence-electron chi connectivity index (χ4n) is 2.69. The molecule has 1 N–H and O–H groups in total. The first kappa shape index (κ1) is 19.3. The van der Waals surface area contributed by atoms with Crippen molar-refractivity contribution in [1.82, 2.24) is 15.0 Å². The van der Waals surface area contributed by atoms with Crippen molar-refractivity contribution in [3.8, 4) is 0 Å². The fourth-order valence-corrected chi connectivity index (χ4v) is 2.69. The van der Waals surface area contributed by atoms with Crippen molar-refractivity contribution < 1.29 is 18.0 Å². The number of imidazole rings is 1. The number of halogens is 3. The van der Waals surface area contributed by atoms with Crippen LogP contribution in [0.2, 0.25) is 0 Å². The second-order valence-corrected chi connectivity index (χ2v) is 6.10. The number of nitrogens with zero attached hydrogens (tertiary/aromatic N) is 3. The lowest BCUT2D eigenvalue weighted by Gasteiger charge is -2.10. The molecule has 0 aliphatic heterocycles. The van der Waals surface area contributed by atoms with Gasteiger partial charge >= 0.3 is 6.18 Å². The molecule has 0 saturated heterocycles. The number of hydrogen-bond acceptors (Lipinski definition) is 3. The van der Waals surface area contributed by atoms with Crippen LogP contribution in [0.15, 0.2) is 65.3 Å². The second kappa shape index (κ2) is 8.08. The largest absolute Gasteiger partial charge is 0.449 e. The number of rotatable bonds is 5. The van der Waals surface area contributed by atoms with E-state index in [1.807, 2.05) is 36.4 Å². The zero-order chi connectivity index (χ0) is 20.1. The molecular weight excluding hydrogens is 369 g/mol. The van der Waals surface area contributed by atoms with E-state index in [4.69, 9.17) is 0 Å². The fraction of sp³-hybridized carbons (Fsp3) is 0.150. The molecule has 8 heteroatoms. The number of hydrazone groups is 1. The number of para-hydroxylation sites is 2. The molecule has 0 saturated carbocycles. The Labute approximate surface area is 159 Å². The smallest absolute Gasteiger partial charge is 0.311 e. The third kappa shape index (κ3) is 4.64. The van der Waals surface area contributed by atoms with E-state index in [0.717, 1.165) is 15.7 Å². The highest BCUT2D eigenvalue weighted by molar-refractivity contribution is 5.86. The van der Waals surface area contributed by atoms with Crippen LogP contribution >= 0.6 is 0 Å². The summed E-state index contributed by atoms with van der Waals surface area (Å²) < 4.78 is 40.6. The standard InChI is InChI=1S/C20H17F3N4O/c1-14(11-15-7-3-2-4-8-15)12-24-26-18(28)13-27-17-10-6-5-9-16(17)25-19(27)20(21,22)23/h2-12H,13H2,1H3,(H,26,28). The lowest BCUT2D eigenvalue weighted by atomic mass is 10.1. The van der Waals surface area contributed by atoms with Crippen molar-refractivity contribution in [2.45, 2.75) is 19.6 Å². The van der Waals surface area contributed by atoms with Gasteiger partial charge in [0.2, 0.25) is 5.82 Å². The molecule has 0 fully saturated rings. The number of carbonyl (C=O) groups is 1. The van der Waals surface area contributed by atoms with Crippen LogP contribution in [0, 0.1) is 0 Å². The molecule has 0 unspecified atom stereocenters. The quantitative estimate of drug-likeness (QED) is 0.526. The molecule has 3 aromatic rings. The summed E-state index contributed by atoms with van der Waals surface area (Å²) in [5, 5.41) is 3.81. The summed E-state index contributed by atoms with van der Waals surface area (Å²) in [5.74, 6) is -1.80. The van der Waals surface area contributed by atoms with Gasteiger partial charge in [0.1, 0.15) is 6.54 Å². The highest BCUT2D eigenvalue weighted by Gasteiger charge is 2.37. The second-order valence-electron chi connectivity index (χ2n) is 6.10. The topological polar surface area (TPSA) is 59.3 Å². The Hall–Kier alpha value is -3.42. The van der Waals surface area contributed by atoms with Crippen LogP contribution in [0.5, 0.6) is 0 Å². The number of allylic oxidation sites excluding steroid dienone is 1. The van der Waals surface area contributed by atoms with E-state index in [1.165, 1.54) is 18.3 Å². The number of benzene rings is 2. The van der Waals surface area contributed by atoms with Crippen LogP contribution in [-0.2, 0) is 17.5 Å². The SMILES string of the molecule is CC(C=NNC(=O)Cn1c(C(F)(F)F)nc2ccccc21)=Cc1ccccc1. The van der Waals surface area contributed by atoms with E-state index in [9.17, 15) is 18.0 Å². The summed E-state index contributed by atoms with van der Waals surface area (Å²) in [6.45, 7) is 1.25. The normalized spacial score (nSPS) is 12.6. The number of hydrogen-bond donors (Lipinski definition) is 1. The van der Waals surface area contributed by atoms with E-state index in [2.05, 4.69) is 15.5 Å². The highest BCUT2D eigenvalue weighted by atomic mass is 19.4. The molecule has 0 bridgehead atoms. The van der Waals surface area contributed by atoms with Crippen LogP contribution in [-0.4, -0.2) is 21.7 Å². The Bertz CT molecular complexity index is 1040. The van der Waals surface area contributed by atoms with Crippen molar-refractivity contribution in [3.63, 3.8) is 0 Å². The van der Waals surface area contributed by atoms with Gasteiger partial charge in [-0.1, -0.05) is 48.5 Å². The molecule has 5 nitrogen and oxygen atoms in total. The molecule has 0 atom stereocenters. The Morgan fingerprint density at radius 1 is 1.14 bits per heavy atom. The minimum absolute atomic E-state index is 0.174. The van der Waals surface area contributed by atoms with E-state index in [-0.39, 0.29) is 11.0 Å². The molecule has 1 aromatic heterocycles. The lowest BCUT2D eigenvalue weighted by Crippen LogP contribution is -2.26. The van der Waals surface area contributed by atoms with Gasteiger partial charge < -0.3 is 4.57 Å². The van der Waals surface area contributed by atoms with E-state index in [1.54, 1.807) is 19.1 Å². The van der Waals surface area contributed by atoms with Gasteiger partial charge in [0.15, 0.2) is 0 Å². The number of alkyl halides is 3. The first-order chi connectivity index (χ1) is 13.3. The zero-order valence-corrected chi connectivity index (χ0v) is 14.9. The molecule has 0 radical (unpaired) electrons. The average molecular weight is 386 g/mol. The highest BCUT2D eigenvalue weighted by Crippen LogP contribution is 2.31. The van der Waals surface area contributed by atoms with Crippen LogP contribution < -0.4 is 5.43 Å². The molecule has 1 amide bonds. The summed E-state index contributed by atoms with van der Waals surface area (Å²) in [6, 6.07) is 15.7. The van der Waals surface area contributed by atoms with Crippen molar-refractivity contribution in [1.29, 1.82) is 0 Å². The molecule has 2 aromatic carbocycles. The Morgan fingerprint density at radius 3 is 2.54 bits per heavy atom. The predicted molar refractivity (Wildman–Crippen MR) is 101 cm³/mol. The van der Waals surface area contributed by atoms with Crippen LogP contribution in [0.3, 0.4) is 0 Å². The average Bonchev–Trinajstić information content (AvgIpc) is 3.01. The van der Waals surface area contributed by atoms with Gasteiger partial charge in [-0.3, -0.25) is 4.79 Å². The molecule has 144 valence electrons. The van der Waals surface area contributed by atoms with Gasteiger partial charge in [-0.2, -0.15) is 18.3 Å². The zero-order valence-electron chi connectivity index (χ0n) is 14.9. The molecule has 28 heavy (non-hydrogen) atoms. The van der Waals surface area contributed by atoms with Gasteiger partial charge in [-0.15, -0.1) is 0 Å². The number of nitrogens with one attached hydrogen (secondary N) is 1.